The van der Waals surface area contributed by atoms with Gasteiger partial charge in [0.05, 0.1) is 0 Å². The molecule has 0 aliphatic rings. The molecular weight excluding hydrogens is 155 g/mol. The van der Waals surface area contributed by atoms with E-state index < -0.39 is 0 Å². The van der Waals surface area contributed by atoms with E-state index in [0.717, 1.165) is 25.2 Å². The summed E-state index contributed by atoms with van der Waals surface area (Å²) >= 11 is 1.15. The van der Waals surface area contributed by atoms with Crippen LogP contribution in [0.5, 0.6) is 0 Å². The molecule has 0 heterocycles. The van der Waals surface area contributed by atoms with Crippen LogP contribution in [-0.2, 0) is 28.0 Å². The zero-order valence-electron chi connectivity index (χ0n) is 4.41. The van der Waals surface area contributed by atoms with Crippen LogP contribution < -0.4 is 0 Å². The number of rotatable bonds is 0. The van der Waals surface area contributed by atoms with Gasteiger partial charge in [0, 0.05) is 0 Å². The van der Waals surface area contributed by atoms with Gasteiger partial charge in [0.1, 0.15) is 0 Å². The van der Waals surface area contributed by atoms with Crippen molar-refractivity contribution in [2.24, 2.45) is 0 Å². The van der Waals surface area contributed by atoms with E-state index in [9.17, 15) is 0 Å². The van der Waals surface area contributed by atoms with Crippen LogP contribution in [0.3, 0.4) is 0 Å². The summed E-state index contributed by atoms with van der Waals surface area (Å²) in [5.41, 5.74) is 0.0817. The minimum absolute atomic E-state index is 0.0817. The SMILES string of the molecule is CC(C)(C)[O][Zr]. The first-order valence-corrected chi connectivity index (χ1v) is 2.91. The topological polar surface area (TPSA) is 9.23 Å². The molecule has 0 saturated heterocycles. The summed E-state index contributed by atoms with van der Waals surface area (Å²) in [4.78, 5) is 0. The fourth-order valence-corrected chi connectivity index (χ4v) is 0. The zero-order chi connectivity index (χ0) is 5.21. The summed E-state index contributed by atoms with van der Waals surface area (Å²) in [5.74, 6) is 0. The molecule has 0 unspecified atom stereocenters. The average molecular weight is 164 g/mol. The van der Waals surface area contributed by atoms with Crippen molar-refractivity contribution >= 4 is 0 Å². The van der Waals surface area contributed by atoms with Crippen molar-refractivity contribution in [2.75, 3.05) is 0 Å². The normalized spacial score (nSPS) is 11.7. The Bertz CT molecular complexity index is 37.3. The Hall–Kier alpha value is 0.843. The van der Waals surface area contributed by atoms with Gasteiger partial charge in [-0.2, -0.15) is 0 Å². The van der Waals surface area contributed by atoms with Crippen LogP contribution >= 0.6 is 0 Å². The van der Waals surface area contributed by atoms with Crippen LogP contribution in [0.2, 0.25) is 0 Å². The van der Waals surface area contributed by atoms with E-state index in [4.69, 9.17) is 2.81 Å². The van der Waals surface area contributed by atoms with Gasteiger partial charge in [-0.3, -0.25) is 0 Å². The molecule has 0 N–H and O–H groups in total. The number of hydrogen-bond donors (Lipinski definition) is 0. The Morgan fingerprint density at radius 3 is 1.50 bits per heavy atom. The summed E-state index contributed by atoms with van der Waals surface area (Å²) in [6.07, 6.45) is 0. The maximum absolute atomic E-state index is 5.03. The molecule has 0 aliphatic carbocycles. The predicted molar refractivity (Wildman–Crippen MR) is 20.8 cm³/mol. The second-order valence-corrected chi connectivity index (χ2v) is 2.72. The van der Waals surface area contributed by atoms with Crippen LogP contribution in [0, 0.1) is 0 Å². The molecule has 0 amide bonds. The first-order valence-electron chi connectivity index (χ1n) is 1.91. The van der Waals surface area contributed by atoms with Crippen molar-refractivity contribution < 1.29 is 28.0 Å². The van der Waals surface area contributed by atoms with Crippen LogP contribution in [0.4, 0.5) is 0 Å². The van der Waals surface area contributed by atoms with Crippen LogP contribution in [0.25, 0.3) is 0 Å². The van der Waals surface area contributed by atoms with Crippen molar-refractivity contribution in [3.8, 4) is 0 Å². The van der Waals surface area contributed by atoms with E-state index in [2.05, 4.69) is 0 Å². The summed E-state index contributed by atoms with van der Waals surface area (Å²) in [6, 6.07) is 0. The van der Waals surface area contributed by atoms with E-state index in [1.54, 1.807) is 0 Å². The van der Waals surface area contributed by atoms with Gasteiger partial charge in [0.15, 0.2) is 0 Å². The van der Waals surface area contributed by atoms with Gasteiger partial charge in [-0.05, 0) is 0 Å². The zero-order valence-corrected chi connectivity index (χ0v) is 6.87. The molecular formula is C4H9OZr. The first-order chi connectivity index (χ1) is 2.56. The van der Waals surface area contributed by atoms with E-state index in [1.165, 1.54) is 0 Å². The molecule has 0 saturated carbocycles. The quantitative estimate of drug-likeness (QED) is 0.524. The third-order valence-electron chi connectivity index (χ3n) is 0.306. The molecule has 0 aromatic heterocycles. The molecule has 0 rings (SSSR count). The van der Waals surface area contributed by atoms with Crippen LogP contribution in [0.1, 0.15) is 20.8 Å². The van der Waals surface area contributed by atoms with Crippen LogP contribution in [0.15, 0.2) is 0 Å². The third kappa shape index (κ3) is 4.84. The average Bonchev–Trinajstić information content (AvgIpc) is 1.35. The van der Waals surface area contributed by atoms with Crippen molar-refractivity contribution in [1.29, 1.82) is 0 Å². The van der Waals surface area contributed by atoms with Crippen molar-refractivity contribution in [1.82, 2.24) is 0 Å². The van der Waals surface area contributed by atoms with Gasteiger partial charge in [-0.25, -0.2) is 0 Å². The van der Waals surface area contributed by atoms with Crippen molar-refractivity contribution in [3.05, 3.63) is 0 Å². The molecule has 0 radical (unpaired) electrons. The summed E-state index contributed by atoms with van der Waals surface area (Å²) in [7, 11) is 0. The summed E-state index contributed by atoms with van der Waals surface area (Å²) in [5, 5.41) is 0. The van der Waals surface area contributed by atoms with Gasteiger partial charge >= 0.3 is 54.3 Å². The van der Waals surface area contributed by atoms with Crippen molar-refractivity contribution in [2.45, 2.75) is 26.4 Å². The van der Waals surface area contributed by atoms with Gasteiger partial charge in [0.25, 0.3) is 0 Å². The predicted octanol–water partition coefficient (Wildman–Crippen LogP) is 1.26. The standard InChI is InChI=1S/C4H9O.Zr/c1-4(2,3)5;/h1-3H3;/q-1;+1. The summed E-state index contributed by atoms with van der Waals surface area (Å²) in [6.45, 7) is 6.13. The molecule has 0 fully saturated rings. The second-order valence-electron chi connectivity index (χ2n) is 2.21. The molecule has 0 atom stereocenters. The minimum atomic E-state index is 0.0817. The molecule has 0 spiro atoms. The molecule has 6 heavy (non-hydrogen) atoms. The van der Waals surface area contributed by atoms with E-state index in [0.29, 0.717) is 0 Å². The fourth-order valence-electron chi connectivity index (χ4n) is 0. The van der Waals surface area contributed by atoms with Gasteiger partial charge in [-0.1, -0.05) is 0 Å². The third-order valence-corrected chi connectivity index (χ3v) is 1.81. The Labute approximate surface area is 54.5 Å². The Morgan fingerprint density at radius 1 is 1.33 bits per heavy atom. The molecule has 0 aromatic rings. The Morgan fingerprint density at radius 2 is 1.50 bits per heavy atom. The molecule has 1 nitrogen and oxygen atoms in total. The van der Waals surface area contributed by atoms with Gasteiger partial charge in [0.2, 0.25) is 0 Å². The monoisotopic (exact) mass is 163 g/mol. The second kappa shape index (κ2) is 2.23. The molecule has 0 aliphatic heterocycles. The first kappa shape index (κ1) is 6.84. The van der Waals surface area contributed by atoms with Crippen molar-refractivity contribution in [3.63, 3.8) is 0 Å². The van der Waals surface area contributed by atoms with Gasteiger partial charge in [-0.15, -0.1) is 0 Å². The molecule has 2 heteroatoms. The molecule has 35 valence electrons. The fraction of sp³-hybridized carbons (Fsp3) is 1.00. The number of hydrogen-bond acceptors (Lipinski definition) is 1. The molecule has 0 aromatic carbocycles. The van der Waals surface area contributed by atoms with E-state index in [1.807, 2.05) is 20.8 Å². The van der Waals surface area contributed by atoms with Crippen LogP contribution in [-0.4, -0.2) is 5.60 Å². The van der Waals surface area contributed by atoms with E-state index >= 15 is 0 Å². The Balaban J connectivity index is 3.17. The van der Waals surface area contributed by atoms with E-state index in [-0.39, 0.29) is 5.60 Å². The Kier molecular flexibility index (Phi) is 2.54. The summed E-state index contributed by atoms with van der Waals surface area (Å²) < 4.78 is 5.03. The van der Waals surface area contributed by atoms with Gasteiger partial charge < -0.3 is 0 Å². The molecule has 0 bridgehead atoms. The maximum atomic E-state index is 5.03.